The Morgan fingerprint density at radius 2 is 1.68 bits per heavy atom. The third-order valence-corrected chi connectivity index (χ3v) is 4.49. The molecule has 1 atom stereocenters. The van der Waals surface area contributed by atoms with Gasteiger partial charge in [-0.1, -0.05) is 42.5 Å². The van der Waals surface area contributed by atoms with E-state index >= 15 is 0 Å². The molecular weight excluding hydrogens is 270 g/mol. The van der Waals surface area contributed by atoms with E-state index in [-0.39, 0.29) is 5.92 Å². The molecule has 1 fully saturated rings. The van der Waals surface area contributed by atoms with E-state index < -0.39 is 0 Å². The van der Waals surface area contributed by atoms with Gasteiger partial charge < -0.3 is 0 Å². The topological polar surface area (TPSA) is 30.3 Å². The highest BCUT2D eigenvalue weighted by Gasteiger charge is 2.18. The van der Waals surface area contributed by atoms with Crippen molar-refractivity contribution in [1.29, 1.82) is 5.26 Å². The van der Waals surface area contributed by atoms with Gasteiger partial charge in [-0.25, -0.2) is 0 Å². The maximum absolute atomic E-state index is 8.93. The summed E-state index contributed by atoms with van der Waals surface area (Å²) >= 11 is 0. The number of rotatable bonds is 4. The standard InChI is InChI=1S/C19H23N3/c1-16(13-20)14-21-9-11-22(12-10-21)15-18-7-4-6-17-5-2-3-8-19(17)18/h2-8,16H,9-12,14-15H2,1H3/t16-/m1/s1. The first-order valence-electron chi connectivity index (χ1n) is 8.07. The van der Waals surface area contributed by atoms with Crippen LogP contribution >= 0.6 is 0 Å². The monoisotopic (exact) mass is 293 g/mol. The second kappa shape index (κ2) is 6.91. The van der Waals surface area contributed by atoms with Gasteiger partial charge in [-0.15, -0.1) is 0 Å². The number of hydrogen-bond donors (Lipinski definition) is 0. The molecule has 22 heavy (non-hydrogen) atoms. The lowest BCUT2D eigenvalue weighted by Crippen LogP contribution is -2.47. The minimum Gasteiger partial charge on any atom is -0.300 e. The van der Waals surface area contributed by atoms with Crippen LogP contribution in [0.1, 0.15) is 12.5 Å². The predicted molar refractivity (Wildman–Crippen MR) is 90.4 cm³/mol. The van der Waals surface area contributed by atoms with Crippen molar-refractivity contribution in [3.05, 3.63) is 48.0 Å². The molecule has 2 aromatic carbocycles. The van der Waals surface area contributed by atoms with Crippen LogP contribution in [0.2, 0.25) is 0 Å². The number of fused-ring (bicyclic) bond motifs is 1. The van der Waals surface area contributed by atoms with Crippen LogP contribution in [0.15, 0.2) is 42.5 Å². The molecule has 0 aromatic heterocycles. The Hall–Kier alpha value is -1.89. The highest BCUT2D eigenvalue weighted by Crippen LogP contribution is 2.20. The first kappa shape index (κ1) is 15.0. The molecule has 0 radical (unpaired) electrons. The molecule has 1 heterocycles. The summed E-state index contributed by atoms with van der Waals surface area (Å²) in [6.45, 7) is 8.22. The summed E-state index contributed by atoms with van der Waals surface area (Å²) < 4.78 is 0. The second-order valence-electron chi connectivity index (χ2n) is 6.25. The van der Waals surface area contributed by atoms with Crippen molar-refractivity contribution in [3.63, 3.8) is 0 Å². The summed E-state index contributed by atoms with van der Waals surface area (Å²) in [5, 5.41) is 11.6. The molecule has 0 spiro atoms. The van der Waals surface area contributed by atoms with Gasteiger partial charge in [0.15, 0.2) is 0 Å². The van der Waals surface area contributed by atoms with Gasteiger partial charge in [-0.05, 0) is 23.3 Å². The van der Waals surface area contributed by atoms with Gasteiger partial charge in [0.2, 0.25) is 0 Å². The van der Waals surface area contributed by atoms with Crippen molar-refractivity contribution in [2.75, 3.05) is 32.7 Å². The summed E-state index contributed by atoms with van der Waals surface area (Å²) in [6.07, 6.45) is 0. The lowest BCUT2D eigenvalue weighted by Gasteiger charge is -2.35. The molecule has 1 aliphatic rings. The van der Waals surface area contributed by atoms with Gasteiger partial charge in [-0.3, -0.25) is 9.80 Å². The average Bonchev–Trinajstić information content (AvgIpc) is 2.57. The Labute approximate surface area is 132 Å². The third kappa shape index (κ3) is 3.47. The highest BCUT2D eigenvalue weighted by atomic mass is 15.3. The van der Waals surface area contributed by atoms with Crippen LogP contribution in [0.3, 0.4) is 0 Å². The summed E-state index contributed by atoms with van der Waals surface area (Å²) in [7, 11) is 0. The van der Waals surface area contributed by atoms with Gasteiger partial charge >= 0.3 is 0 Å². The zero-order valence-electron chi connectivity index (χ0n) is 13.2. The fourth-order valence-corrected chi connectivity index (χ4v) is 3.23. The van der Waals surface area contributed by atoms with Gasteiger partial charge in [0.1, 0.15) is 0 Å². The fraction of sp³-hybridized carbons (Fsp3) is 0.421. The molecule has 3 heteroatoms. The Bertz CT molecular complexity index is 660. The zero-order valence-corrected chi connectivity index (χ0v) is 13.2. The summed E-state index contributed by atoms with van der Waals surface area (Å²) in [5.74, 6) is 0.129. The maximum Gasteiger partial charge on any atom is 0.0666 e. The maximum atomic E-state index is 8.93. The minimum absolute atomic E-state index is 0.129. The lowest BCUT2D eigenvalue weighted by molar-refractivity contribution is 0.121. The van der Waals surface area contributed by atoms with Gasteiger partial charge in [0, 0.05) is 39.3 Å². The molecule has 114 valence electrons. The van der Waals surface area contributed by atoms with Crippen LogP contribution in [0.5, 0.6) is 0 Å². The van der Waals surface area contributed by atoms with Crippen LogP contribution in [0.4, 0.5) is 0 Å². The SMILES string of the molecule is C[C@H](C#N)CN1CCN(Cc2cccc3ccccc23)CC1. The Morgan fingerprint density at radius 1 is 1.00 bits per heavy atom. The quantitative estimate of drug-likeness (QED) is 0.867. The number of piperazine rings is 1. The summed E-state index contributed by atoms with van der Waals surface area (Å²) in [4.78, 5) is 4.93. The molecule has 0 amide bonds. The van der Waals surface area contributed by atoms with E-state index in [4.69, 9.17) is 5.26 Å². The van der Waals surface area contributed by atoms with Gasteiger partial charge in [-0.2, -0.15) is 5.26 Å². The second-order valence-corrected chi connectivity index (χ2v) is 6.25. The molecule has 0 saturated carbocycles. The highest BCUT2D eigenvalue weighted by molar-refractivity contribution is 5.85. The molecule has 0 bridgehead atoms. The van der Waals surface area contributed by atoms with E-state index in [1.54, 1.807) is 0 Å². The smallest absolute Gasteiger partial charge is 0.0666 e. The van der Waals surface area contributed by atoms with Gasteiger partial charge in [0.25, 0.3) is 0 Å². The van der Waals surface area contributed by atoms with E-state index in [0.29, 0.717) is 0 Å². The number of benzene rings is 2. The van der Waals surface area contributed by atoms with Crippen LogP contribution in [0, 0.1) is 17.2 Å². The molecular formula is C19H23N3. The predicted octanol–water partition coefficient (Wildman–Crippen LogP) is 3.12. The zero-order chi connectivity index (χ0) is 15.4. The van der Waals surface area contributed by atoms with E-state index in [2.05, 4.69) is 58.3 Å². The normalized spacial score (nSPS) is 18.2. The van der Waals surface area contributed by atoms with Gasteiger partial charge in [0.05, 0.1) is 12.0 Å². The Kier molecular flexibility index (Phi) is 4.72. The molecule has 1 aliphatic heterocycles. The van der Waals surface area contributed by atoms with Crippen molar-refractivity contribution in [2.45, 2.75) is 13.5 Å². The fourth-order valence-electron chi connectivity index (χ4n) is 3.23. The number of nitrogens with zero attached hydrogens (tertiary/aromatic N) is 3. The number of hydrogen-bond acceptors (Lipinski definition) is 3. The molecule has 1 saturated heterocycles. The van der Waals surface area contributed by atoms with Crippen molar-refractivity contribution >= 4 is 10.8 Å². The lowest BCUT2D eigenvalue weighted by atomic mass is 10.0. The van der Waals surface area contributed by atoms with Crippen LogP contribution in [0.25, 0.3) is 10.8 Å². The van der Waals surface area contributed by atoms with E-state index in [1.165, 1.54) is 16.3 Å². The Balaban J connectivity index is 1.62. The number of nitriles is 1. The molecule has 3 nitrogen and oxygen atoms in total. The molecule has 0 N–H and O–H groups in total. The molecule has 0 unspecified atom stereocenters. The van der Waals surface area contributed by atoms with Crippen molar-refractivity contribution in [3.8, 4) is 6.07 Å². The third-order valence-electron chi connectivity index (χ3n) is 4.49. The van der Waals surface area contributed by atoms with E-state index in [1.807, 2.05) is 6.92 Å². The van der Waals surface area contributed by atoms with Crippen LogP contribution in [-0.2, 0) is 6.54 Å². The van der Waals surface area contributed by atoms with E-state index in [0.717, 1.165) is 39.3 Å². The molecule has 3 rings (SSSR count). The largest absolute Gasteiger partial charge is 0.300 e. The summed E-state index contributed by atoms with van der Waals surface area (Å²) in [6, 6.07) is 17.5. The van der Waals surface area contributed by atoms with Crippen molar-refractivity contribution < 1.29 is 0 Å². The molecule has 2 aromatic rings. The molecule has 0 aliphatic carbocycles. The Morgan fingerprint density at radius 3 is 2.45 bits per heavy atom. The first-order chi connectivity index (χ1) is 10.8. The van der Waals surface area contributed by atoms with Crippen LogP contribution in [-0.4, -0.2) is 42.5 Å². The van der Waals surface area contributed by atoms with E-state index in [9.17, 15) is 0 Å². The first-order valence-corrected chi connectivity index (χ1v) is 8.07. The minimum atomic E-state index is 0.129. The summed E-state index contributed by atoms with van der Waals surface area (Å²) in [5.41, 5.74) is 1.41. The van der Waals surface area contributed by atoms with Crippen molar-refractivity contribution in [2.24, 2.45) is 5.92 Å². The van der Waals surface area contributed by atoms with Crippen LogP contribution < -0.4 is 0 Å². The van der Waals surface area contributed by atoms with Crippen molar-refractivity contribution in [1.82, 2.24) is 9.80 Å². The average molecular weight is 293 g/mol.